The summed E-state index contributed by atoms with van der Waals surface area (Å²) in [6, 6.07) is 0. The minimum absolute atomic E-state index is 0.435. The maximum atomic E-state index is 10.2. The highest BCUT2D eigenvalue weighted by molar-refractivity contribution is 5.73. The van der Waals surface area contributed by atoms with Crippen molar-refractivity contribution in [3.8, 4) is 0 Å². The van der Waals surface area contributed by atoms with Crippen molar-refractivity contribution in [2.75, 3.05) is 6.61 Å². The molecule has 0 aromatic carbocycles. The molecule has 1 amide bonds. The van der Waals surface area contributed by atoms with Crippen LogP contribution >= 0.6 is 0 Å². The zero-order valence-electron chi connectivity index (χ0n) is 6.84. The molecule has 0 aromatic heterocycles. The van der Waals surface area contributed by atoms with Gasteiger partial charge in [0.1, 0.15) is 6.61 Å². The molecule has 0 bridgehead atoms. The van der Waals surface area contributed by atoms with Crippen molar-refractivity contribution in [2.24, 2.45) is 5.73 Å². The van der Waals surface area contributed by atoms with Crippen LogP contribution in [0.25, 0.3) is 0 Å². The van der Waals surface area contributed by atoms with Gasteiger partial charge in [0.25, 0.3) is 0 Å². The maximum absolute atomic E-state index is 10.2. The van der Waals surface area contributed by atoms with Crippen molar-refractivity contribution >= 4 is 5.91 Å². The molecule has 0 saturated carbocycles. The number of carbonyl (C=O) groups is 1. The fourth-order valence-corrected chi connectivity index (χ4v) is 0.624. The summed E-state index contributed by atoms with van der Waals surface area (Å²) in [5.74, 6) is -6.85. The first-order chi connectivity index (χ1) is 5.73. The number of rotatable bonds is 5. The largest absolute Gasteiger partial charge is 0.391 e. The molecule has 0 heterocycles. The number of hydrogen-bond acceptors (Lipinski definition) is 6. The summed E-state index contributed by atoms with van der Waals surface area (Å²) < 4.78 is 0. The lowest BCUT2D eigenvalue weighted by atomic mass is 10.0. The molecule has 7 heteroatoms. The minimum atomic E-state index is -3.07. The van der Waals surface area contributed by atoms with Crippen LogP contribution in [0.15, 0.2) is 0 Å². The Bertz CT molecular complexity index is 190. The van der Waals surface area contributed by atoms with Crippen LogP contribution in [-0.4, -0.2) is 49.6 Å². The first kappa shape index (κ1) is 12.3. The second kappa shape index (κ2) is 3.99. The highest BCUT2D eigenvalue weighted by Crippen LogP contribution is 2.21. The Labute approximate surface area is 74.0 Å². The Morgan fingerprint density at radius 2 is 1.62 bits per heavy atom. The summed E-state index contributed by atoms with van der Waals surface area (Å²) in [4.78, 5) is 10.2. The fourth-order valence-electron chi connectivity index (χ4n) is 0.624. The van der Waals surface area contributed by atoms with E-state index in [1.807, 2.05) is 0 Å². The molecule has 0 aliphatic heterocycles. The first-order valence-corrected chi connectivity index (χ1v) is 3.51. The lowest BCUT2D eigenvalue weighted by Gasteiger charge is -2.33. The van der Waals surface area contributed by atoms with Gasteiger partial charge >= 0.3 is 0 Å². The van der Waals surface area contributed by atoms with Gasteiger partial charge in [-0.25, -0.2) is 0 Å². The van der Waals surface area contributed by atoms with Crippen molar-refractivity contribution in [1.29, 1.82) is 0 Å². The second-order valence-electron chi connectivity index (χ2n) is 2.76. The molecular weight excluding hydrogens is 182 g/mol. The Hall–Kier alpha value is -0.730. The monoisotopic (exact) mass is 195 g/mol. The summed E-state index contributed by atoms with van der Waals surface area (Å²) in [7, 11) is 0. The molecule has 0 atom stereocenters. The molecule has 0 aliphatic carbocycles. The third-order valence-corrected chi connectivity index (χ3v) is 1.58. The molecule has 0 unspecified atom stereocenters. The summed E-state index contributed by atoms with van der Waals surface area (Å²) in [6.45, 7) is -1.27. The Morgan fingerprint density at radius 1 is 1.15 bits per heavy atom. The van der Waals surface area contributed by atoms with E-state index in [1.165, 1.54) is 0 Å². The quantitative estimate of drug-likeness (QED) is 0.252. The van der Waals surface area contributed by atoms with E-state index >= 15 is 0 Å². The lowest BCUT2D eigenvalue weighted by Crippen LogP contribution is -2.57. The van der Waals surface area contributed by atoms with Gasteiger partial charge in [-0.2, -0.15) is 0 Å². The Morgan fingerprint density at radius 3 is 1.92 bits per heavy atom. The lowest BCUT2D eigenvalue weighted by molar-refractivity contribution is -0.367. The summed E-state index contributed by atoms with van der Waals surface area (Å²) in [5.41, 5.74) is 4.70. The molecule has 0 rings (SSSR count). The Kier molecular flexibility index (Phi) is 3.76. The van der Waals surface area contributed by atoms with Crippen molar-refractivity contribution in [3.05, 3.63) is 0 Å². The van der Waals surface area contributed by atoms with E-state index in [4.69, 9.17) is 31.3 Å². The van der Waals surface area contributed by atoms with Gasteiger partial charge in [-0.05, 0) is 0 Å². The standard InChI is InChI=1S/C6H13NO6/c7-4(9)1-2-5(10,11)6(12,13)3-8/h8,10-13H,1-3H2,(H2,7,9). The van der Waals surface area contributed by atoms with Crippen molar-refractivity contribution < 1.29 is 30.3 Å². The molecule has 0 spiro atoms. The number of amides is 1. The Balaban J connectivity index is 4.30. The number of aliphatic hydroxyl groups excluding tert-OH is 1. The maximum Gasteiger partial charge on any atom is 0.242 e. The van der Waals surface area contributed by atoms with Crippen LogP contribution in [0.1, 0.15) is 12.8 Å². The van der Waals surface area contributed by atoms with Crippen molar-refractivity contribution in [3.63, 3.8) is 0 Å². The second-order valence-corrected chi connectivity index (χ2v) is 2.76. The van der Waals surface area contributed by atoms with Crippen LogP contribution in [-0.2, 0) is 4.79 Å². The predicted molar refractivity (Wildman–Crippen MR) is 39.9 cm³/mol. The SMILES string of the molecule is NC(=O)CCC(O)(O)C(O)(O)CO. The number of carbonyl (C=O) groups excluding carboxylic acids is 1. The van der Waals surface area contributed by atoms with E-state index in [9.17, 15) is 4.79 Å². The minimum Gasteiger partial charge on any atom is -0.391 e. The zero-order valence-corrected chi connectivity index (χ0v) is 6.84. The van der Waals surface area contributed by atoms with Crippen LogP contribution in [0.3, 0.4) is 0 Å². The van der Waals surface area contributed by atoms with E-state index in [2.05, 4.69) is 0 Å². The van der Waals surface area contributed by atoms with Crippen LogP contribution < -0.4 is 5.73 Å². The van der Waals surface area contributed by atoms with E-state index < -0.39 is 36.9 Å². The van der Waals surface area contributed by atoms with Gasteiger partial charge in [-0.1, -0.05) is 0 Å². The average molecular weight is 195 g/mol. The van der Waals surface area contributed by atoms with Gasteiger partial charge in [0, 0.05) is 12.8 Å². The topological polar surface area (TPSA) is 144 Å². The molecule has 78 valence electrons. The van der Waals surface area contributed by atoms with E-state index in [-0.39, 0.29) is 0 Å². The molecule has 7 nitrogen and oxygen atoms in total. The highest BCUT2D eigenvalue weighted by Gasteiger charge is 2.46. The van der Waals surface area contributed by atoms with Crippen LogP contribution in [0, 0.1) is 0 Å². The fraction of sp³-hybridized carbons (Fsp3) is 0.833. The van der Waals surface area contributed by atoms with E-state index in [0.29, 0.717) is 0 Å². The smallest absolute Gasteiger partial charge is 0.242 e. The van der Waals surface area contributed by atoms with Crippen molar-refractivity contribution in [2.45, 2.75) is 24.4 Å². The molecule has 0 saturated heterocycles. The number of primary amides is 1. The number of nitrogens with two attached hydrogens (primary N) is 1. The van der Waals surface area contributed by atoms with Crippen LogP contribution in [0.4, 0.5) is 0 Å². The zero-order chi connectivity index (χ0) is 10.7. The third-order valence-electron chi connectivity index (χ3n) is 1.58. The van der Waals surface area contributed by atoms with Gasteiger partial charge < -0.3 is 31.3 Å². The van der Waals surface area contributed by atoms with Gasteiger partial charge in [-0.3, -0.25) is 4.79 Å². The third kappa shape index (κ3) is 3.25. The van der Waals surface area contributed by atoms with Crippen molar-refractivity contribution in [1.82, 2.24) is 0 Å². The average Bonchev–Trinajstić information content (AvgIpc) is 2.01. The van der Waals surface area contributed by atoms with E-state index in [0.717, 1.165) is 0 Å². The molecule has 13 heavy (non-hydrogen) atoms. The van der Waals surface area contributed by atoms with E-state index in [1.54, 1.807) is 0 Å². The predicted octanol–water partition coefficient (Wildman–Crippen LogP) is -3.39. The van der Waals surface area contributed by atoms with Gasteiger partial charge in [0.15, 0.2) is 0 Å². The number of hydrogen-bond donors (Lipinski definition) is 6. The molecule has 7 N–H and O–H groups in total. The molecule has 0 aromatic rings. The molecule has 0 radical (unpaired) electrons. The van der Waals surface area contributed by atoms with Gasteiger partial charge in [-0.15, -0.1) is 0 Å². The van der Waals surface area contributed by atoms with Gasteiger partial charge in [0.2, 0.25) is 17.5 Å². The van der Waals surface area contributed by atoms with Crippen LogP contribution in [0.5, 0.6) is 0 Å². The summed E-state index contributed by atoms with van der Waals surface area (Å²) >= 11 is 0. The normalized spacial score (nSPS) is 13.0. The first-order valence-electron chi connectivity index (χ1n) is 3.51. The summed E-state index contributed by atoms with van der Waals surface area (Å²) in [5, 5.41) is 44.0. The molecule has 0 fully saturated rings. The number of aliphatic hydroxyl groups is 5. The van der Waals surface area contributed by atoms with Gasteiger partial charge in [0.05, 0.1) is 0 Å². The summed E-state index contributed by atoms with van der Waals surface area (Å²) in [6.07, 6.45) is -1.11. The molecular formula is C6H13NO6. The molecule has 0 aliphatic rings. The van der Waals surface area contributed by atoms with Crippen LogP contribution in [0.2, 0.25) is 0 Å². The highest BCUT2D eigenvalue weighted by atomic mass is 16.6.